The van der Waals surface area contributed by atoms with Crippen LogP contribution in [0.25, 0.3) is 0 Å². The second-order valence-electron chi connectivity index (χ2n) is 4.52. The summed E-state index contributed by atoms with van der Waals surface area (Å²) in [5, 5.41) is 8.71. The molecule has 0 bridgehead atoms. The van der Waals surface area contributed by atoms with E-state index in [0.29, 0.717) is 12.2 Å². The summed E-state index contributed by atoms with van der Waals surface area (Å²) in [6.07, 6.45) is 0. The average molecular weight is 332 g/mol. The Labute approximate surface area is 130 Å². The van der Waals surface area contributed by atoms with Crippen LogP contribution in [0.2, 0.25) is 5.02 Å². The van der Waals surface area contributed by atoms with E-state index in [2.05, 4.69) is 16.6 Å². The minimum Gasteiger partial charge on any atom is -0.384 e. The molecular formula is C14H18ClNO4S. The Morgan fingerprint density at radius 3 is 2.76 bits per heavy atom. The molecule has 2 N–H and O–H groups in total. The lowest BCUT2D eigenvalue weighted by Gasteiger charge is -2.13. The molecule has 0 fully saturated rings. The van der Waals surface area contributed by atoms with Gasteiger partial charge in [0.25, 0.3) is 0 Å². The molecule has 0 aromatic heterocycles. The van der Waals surface area contributed by atoms with E-state index < -0.39 is 10.0 Å². The molecule has 0 aliphatic carbocycles. The topological polar surface area (TPSA) is 75.6 Å². The summed E-state index contributed by atoms with van der Waals surface area (Å²) in [5.41, 5.74) is 0.542. The molecule has 0 spiro atoms. The van der Waals surface area contributed by atoms with E-state index in [4.69, 9.17) is 21.4 Å². The van der Waals surface area contributed by atoms with Crippen LogP contribution in [0.15, 0.2) is 23.1 Å². The fourth-order valence-electron chi connectivity index (χ4n) is 1.61. The third-order valence-corrected chi connectivity index (χ3v) is 4.51. The maximum atomic E-state index is 12.2. The largest absolute Gasteiger partial charge is 0.384 e. The van der Waals surface area contributed by atoms with Crippen molar-refractivity contribution in [1.29, 1.82) is 0 Å². The SMILES string of the molecule is COCC(C)CNS(=O)(=O)c1ccc(C#CCO)cc1Cl. The zero-order chi connectivity index (χ0) is 15.9. The number of aliphatic hydroxyl groups is 1. The van der Waals surface area contributed by atoms with Gasteiger partial charge in [0.1, 0.15) is 11.5 Å². The van der Waals surface area contributed by atoms with Crippen LogP contribution >= 0.6 is 11.6 Å². The van der Waals surface area contributed by atoms with E-state index in [1.807, 2.05) is 6.92 Å². The van der Waals surface area contributed by atoms with E-state index in [1.165, 1.54) is 12.1 Å². The number of benzene rings is 1. The zero-order valence-corrected chi connectivity index (χ0v) is 13.5. The molecule has 0 heterocycles. The minimum atomic E-state index is -3.68. The zero-order valence-electron chi connectivity index (χ0n) is 11.9. The summed E-state index contributed by atoms with van der Waals surface area (Å²) in [7, 11) is -2.11. The van der Waals surface area contributed by atoms with Gasteiger partial charge in [-0.3, -0.25) is 0 Å². The van der Waals surface area contributed by atoms with Gasteiger partial charge in [0, 0.05) is 25.8 Å². The van der Waals surface area contributed by atoms with E-state index in [-0.39, 0.29) is 29.0 Å². The smallest absolute Gasteiger partial charge is 0.242 e. The molecule has 1 aromatic carbocycles. The second-order valence-corrected chi connectivity index (χ2v) is 6.66. The average Bonchev–Trinajstić information content (AvgIpc) is 2.43. The molecule has 0 aliphatic rings. The Hall–Kier alpha value is -1.10. The van der Waals surface area contributed by atoms with Gasteiger partial charge in [-0.05, 0) is 24.1 Å². The Morgan fingerprint density at radius 2 is 2.19 bits per heavy atom. The van der Waals surface area contributed by atoms with Gasteiger partial charge in [0.15, 0.2) is 0 Å². The summed E-state index contributed by atoms with van der Waals surface area (Å²) in [6, 6.07) is 4.39. The maximum absolute atomic E-state index is 12.2. The lowest BCUT2D eigenvalue weighted by atomic mass is 10.2. The standard InChI is InChI=1S/C14H18ClNO4S/c1-11(10-20-2)9-16-21(18,19)14-6-5-12(4-3-7-17)8-13(14)15/h5-6,8,11,16-17H,7,9-10H2,1-2H3. The Kier molecular flexibility index (Phi) is 7.15. The lowest BCUT2D eigenvalue weighted by Crippen LogP contribution is -2.30. The summed E-state index contributed by atoms with van der Waals surface area (Å²) < 4.78 is 31.8. The number of nitrogens with one attached hydrogen (secondary N) is 1. The lowest BCUT2D eigenvalue weighted by molar-refractivity contribution is 0.161. The third-order valence-electron chi connectivity index (χ3n) is 2.61. The first kappa shape index (κ1) is 18.0. The van der Waals surface area contributed by atoms with Crippen molar-refractivity contribution < 1.29 is 18.3 Å². The number of hydrogen-bond donors (Lipinski definition) is 2. The van der Waals surface area contributed by atoms with Crippen LogP contribution in [0.5, 0.6) is 0 Å². The third kappa shape index (κ3) is 5.65. The maximum Gasteiger partial charge on any atom is 0.242 e. The summed E-state index contributed by atoms with van der Waals surface area (Å²) in [5.74, 6) is 5.19. The van der Waals surface area contributed by atoms with E-state index >= 15 is 0 Å². The van der Waals surface area contributed by atoms with Gasteiger partial charge in [-0.25, -0.2) is 13.1 Å². The molecule has 0 amide bonds. The monoisotopic (exact) mass is 331 g/mol. The second kappa shape index (κ2) is 8.37. The van der Waals surface area contributed by atoms with Gasteiger partial charge in [-0.2, -0.15) is 0 Å². The number of halogens is 1. The molecular weight excluding hydrogens is 314 g/mol. The van der Waals surface area contributed by atoms with Crippen molar-refractivity contribution in [2.45, 2.75) is 11.8 Å². The highest BCUT2D eigenvalue weighted by Gasteiger charge is 2.18. The number of hydrogen-bond acceptors (Lipinski definition) is 4. The van der Waals surface area contributed by atoms with E-state index in [0.717, 1.165) is 0 Å². The van der Waals surface area contributed by atoms with Crippen molar-refractivity contribution >= 4 is 21.6 Å². The van der Waals surface area contributed by atoms with Crippen molar-refractivity contribution in [3.8, 4) is 11.8 Å². The van der Waals surface area contributed by atoms with Crippen LogP contribution in [0, 0.1) is 17.8 Å². The van der Waals surface area contributed by atoms with Gasteiger partial charge in [0.05, 0.1) is 5.02 Å². The highest BCUT2D eigenvalue weighted by molar-refractivity contribution is 7.89. The van der Waals surface area contributed by atoms with Crippen molar-refractivity contribution in [3.05, 3.63) is 28.8 Å². The molecule has 1 unspecified atom stereocenters. The molecule has 1 rings (SSSR count). The molecule has 7 heteroatoms. The van der Waals surface area contributed by atoms with Crippen LogP contribution in [0.1, 0.15) is 12.5 Å². The van der Waals surface area contributed by atoms with E-state index in [9.17, 15) is 8.42 Å². The molecule has 0 radical (unpaired) electrons. The predicted octanol–water partition coefficient (Wildman–Crippen LogP) is 1.24. The number of ether oxygens (including phenoxy) is 1. The van der Waals surface area contributed by atoms with Crippen LogP contribution in [0.4, 0.5) is 0 Å². The molecule has 116 valence electrons. The Bertz CT molecular complexity index is 634. The number of aliphatic hydroxyl groups excluding tert-OH is 1. The van der Waals surface area contributed by atoms with Crippen LogP contribution < -0.4 is 4.72 Å². The van der Waals surface area contributed by atoms with Gasteiger partial charge < -0.3 is 9.84 Å². The van der Waals surface area contributed by atoms with Gasteiger partial charge in [-0.15, -0.1) is 0 Å². The number of methoxy groups -OCH3 is 1. The summed E-state index contributed by atoms with van der Waals surface area (Å²) >= 11 is 6.00. The normalized spacial score (nSPS) is 12.6. The first-order valence-electron chi connectivity index (χ1n) is 6.28. The van der Waals surface area contributed by atoms with Gasteiger partial charge >= 0.3 is 0 Å². The van der Waals surface area contributed by atoms with Gasteiger partial charge in [-0.1, -0.05) is 30.4 Å². The molecule has 0 saturated carbocycles. The molecule has 0 saturated heterocycles. The van der Waals surface area contributed by atoms with Crippen molar-refractivity contribution in [2.24, 2.45) is 5.92 Å². The Balaban J connectivity index is 2.88. The number of rotatable bonds is 6. The Morgan fingerprint density at radius 1 is 1.48 bits per heavy atom. The highest BCUT2D eigenvalue weighted by atomic mass is 35.5. The first-order chi connectivity index (χ1) is 9.90. The molecule has 21 heavy (non-hydrogen) atoms. The molecule has 0 aliphatic heterocycles. The fraction of sp³-hybridized carbons (Fsp3) is 0.429. The number of sulfonamides is 1. The van der Waals surface area contributed by atoms with Crippen molar-refractivity contribution in [2.75, 3.05) is 26.9 Å². The van der Waals surface area contributed by atoms with Gasteiger partial charge in [0.2, 0.25) is 10.0 Å². The van der Waals surface area contributed by atoms with Crippen molar-refractivity contribution in [3.63, 3.8) is 0 Å². The van der Waals surface area contributed by atoms with E-state index in [1.54, 1.807) is 13.2 Å². The highest BCUT2D eigenvalue weighted by Crippen LogP contribution is 2.22. The summed E-state index contributed by atoms with van der Waals surface area (Å²) in [6.45, 7) is 2.34. The fourth-order valence-corrected chi connectivity index (χ4v) is 3.32. The summed E-state index contributed by atoms with van der Waals surface area (Å²) in [4.78, 5) is 0.00309. The minimum absolute atomic E-state index is 0.00309. The molecule has 5 nitrogen and oxygen atoms in total. The first-order valence-corrected chi connectivity index (χ1v) is 8.14. The quantitative estimate of drug-likeness (QED) is 0.769. The predicted molar refractivity (Wildman–Crippen MR) is 81.6 cm³/mol. The molecule has 1 atom stereocenters. The van der Waals surface area contributed by atoms with Crippen molar-refractivity contribution in [1.82, 2.24) is 4.72 Å². The van der Waals surface area contributed by atoms with Crippen LogP contribution in [0.3, 0.4) is 0 Å². The molecule has 1 aromatic rings. The van der Waals surface area contributed by atoms with Crippen LogP contribution in [-0.2, 0) is 14.8 Å². The van der Waals surface area contributed by atoms with Crippen LogP contribution in [-0.4, -0.2) is 40.4 Å².